The molecule has 90 valence electrons. The van der Waals surface area contributed by atoms with Crippen molar-refractivity contribution in [2.45, 2.75) is 45.4 Å². The summed E-state index contributed by atoms with van der Waals surface area (Å²) in [5.41, 5.74) is 2.39. The van der Waals surface area contributed by atoms with Crippen molar-refractivity contribution in [2.75, 3.05) is 20.3 Å². The highest BCUT2D eigenvalue weighted by Crippen LogP contribution is 2.04. The Balaban J connectivity index is 3.11. The van der Waals surface area contributed by atoms with Gasteiger partial charge >= 0.3 is 0 Å². The summed E-state index contributed by atoms with van der Waals surface area (Å²) in [6.07, 6.45) is 6.32. The number of hydroxylamine groups is 1. The summed E-state index contributed by atoms with van der Waals surface area (Å²) in [6.45, 7) is 3.07. The lowest BCUT2D eigenvalue weighted by Gasteiger charge is -2.04. The van der Waals surface area contributed by atoms with Gasteiger partial charge in [-0.2, -0.15) is 0 Å². The Morgan fingerprint density at radius 3 is 2.53 bits per heavy atom. The molecule has 0 atom stereocenters. The van der Waals surface area contributed by atoms with Crippen molar-refractivity contribution in [3.05, 3.63) is 0 Å². The molecule has 0 aliphatic rings. The highest BCUT2D eigenvalue weighted by molar-refractivity contribution is 5.74. The molecule has 15 heavy (non-hydrogen) atoms. The van der Waals surface area contributed by atoms with E-state index in [0.29, 0.717) is 19.6 Å². The second-order valence-electron chi connectivity index (χ2n) is 3.53. The fourth-order valence-corrected chi connectivity index (χ4v) is 1.20. The fraction of sp³-hybridized carbons (Fsp3) is 0.909. The summed E-state index contributed by atoms with van der Waals surface area (Å²) in [7, 11) is 1.60. The second kappa shape index (κ2) is 11.5. The van der Waals surface area contributed by atoms with Gasteiger partial charge < -0.3 is 4.74 Å². The molecule has 0 unspecified atom stereocenters. The van der Waals surface area contributed by atoms with Crippen LogP contribution in [0.25, 0.3) is 0 Å². The van der Waals surface area contributed by atoms with Crippen LogP contribution in [0.15, 0.2) is 0 Å². The third-order valence-electron chi connectivity index (χ3n) is 2.08. The molecule has 0 fully saturated rings. The average molecular weight is 217 g/mol. The van der Waals surface area contributed by atoms with E-state index in [1.54, 1.807) is 7.11 Å². The molecule has 4 nitrogen and oxygen atoms in total. The van der Waals surface area contributed by atoms with Gasteiger partial charge in [-0.15, -0.1) is 0 Å². The lowest BCUT2D eigenvalue weighted by Crippen LogP contribution is -2.25. The second-order valence-corrected chi connectivity index (χ2v) is 3.53. The minimum absolute atomic E-state index is 0.0393. The number of amides is 1. The van der Waals surface area contributed by atoms with Crippen molar-refractivity contribution < 1.29 is 14.4 Å². The third-order valence-corrected chi connectivity index (χ3v) is 2.08. The number of methoxy groups -OCH3 is 1. The van der Waals surface area contributed by atoms with Gasteiger partial charge in [0.1, 0.15) is 0 Å². The lowest BCUT2D eigenvalue weighted by atomic mass is 10.1. The topological polar surface area (TPSA) is 47.6 Å². The van der Waals surface area contributed by atoms with Crippen LogP contribution in [0.1, 0.15) is 45.4 Å². The van der Waals surface area contributed by atoms with Crippen LogP contribution in [0.3, 0.4) is 0 Å². The van der Waals surface area contributed by atoms with Gasteiger partial charge in [-0.3, -0.25) is 9.63 Å². The molecule has 0 aliphatic heterocycles. The van der Waals surface area contributed by atoms with Crippen LogP contribution in [-0.2, 0) is 14.4 Å². The van der Waals surface area contributed by atoms with Gasteiger partial charge in [0, 0.05) is 13.5 Å². The summed E-state index contributed by atoms with van der Waals surface area (Å²) in [4.78, 5) is 16.1. The van der Waals surface area contributed by atoms with E-state index in [-0.39, 0.29) is 5.91 Å². The molecule has 1 N–H and O–H groups in total. The third kappa shape index (κ3) is 11.3. The molecule has 4 heteroatoms. The SMILES string of the molecule is CCCCCCCC(=O)NOCCOC. The van der Waals surface area contributed by atoms with E-state index in [2.05, 4.69) is 12.4 Å². The molecule has 0 aromatic heterocycles. The summed E-state index contributed by atoms with van der Waals surface area (Å²) < 4.78 is 4.77. The molecule has 0 aromatic rings. The van der Waals surface area contributed by atoms with Gasteiger partial charge in [0.25, 0.3) is 0 Å². The number of unbranched alkanes of at least 4 members (excludes halogenated alkanes) is 4. The van der Waals surface area contributed by atoms with Gasteiger partial charge in [-0.05, 0) is 6.42 Å². The first-order chi connectivity index (χ1) is 7.31. The first-order valence-corrected chi connectivity index (χ1v) is 5.70. The zero-order valence-corrected chi connectivity index (χ0v) is 9.88. The summed E-state index contributed by atoms with van der Waals surface area (Å²) in [5, 5.41) is 0. The Kier molecular flexibility index (Phi) is 11.0. The van der Waals surface area contributed by atoms with Crippen LogP contribution in [0.5, 0.6) is 0 Å². The number of nitrogens with one attached hydrogen (secondary N) is 1. The molecule has 0 aromatic carbocycles. The molecule has 0 saturated heterocycles. The molecular formula is C11H23NO3. The van der Waals surface area contributed by atoms with Gasteiger partial charge in [0.05, 0.1) is 13.2 Å². The Bertz CT molecular complexity index is 151. The van der Waals surface area contributed by atoms with E-state index in [4.69, 9.17) is 9.57 Å². The van der Waals surface area contributed by atoms with E-state index in [1.807, 2.05) is 0 Å². The number of carbonyl (C=O) groups excluding carboxylic acids is 1. The van der Waals surface area contributed by atoms with E-state index in [9.17, 15) is 4.79 Å². The zero-order valence-electron chi connectivity index (χ0n) is 9.88. The van der Waals surface area contributed by atoms with Crippen LogP contribution in [0, 0.1) is 0 Å². The van der Waals surface area contributed by atoms with E-state index in [1.165, 1.54) is 19.3 Å². The van der Waals surface area contributed by atoms with E-state index < -0.39 is 0 Å². The minimum atomic E-state index is -0.0393. The van der Waals surface area contributed by atoms with Gasteiger partial charge in [0.15, 0.2) is 0 Å². The fourth-order valence-electron chi connectivity index (χ4n) is 1.20. The summed E-state index contributed by atoms with van der Waals surface area (Å²) >= 11 is 0. The maximum absolute atomic E-state index is 11.2. The number of hydrogen-bond donors (Lipinski definition) is 1. The summed E-state index contributed by atoms with van der Waals surface area (Å²) in [6, 6.07) is 0. The number of carbonyl (C=O) groups is 1. The number of hydrogen-bond acceptors (Lipinski definition) is 3. The largest absolute Gasteiger partial charge is 0.382 e. The summed E-state index contributed by atoms with van der Waals surface area (Å²) in [5.74, 6) is -0.0393. The molecule has 0 rings (SSSR count). The van der Waals surface area contributed by atoms with Gasteiger partial charge in [-0.25, -0.2) is 5.48 Å². The quantitative estimate of drug-likeness (QED) is 0.450. The highest BCUT2D eigenvalue weighted by Gasteiger charge is 2.00. The van der Waals surface area contributed by atoms with E-state index in [0.717, 1.165) is 12.8 Å². The maximum Gasteiger partial charge on any atom is 0.243 e. The van der Waals surface area contributed by atoms with Gasteiger partial charge in [-0.1, -0.05) is 32.6 Å². The van der Waals surface area contributed by atoms with Crippen LogP contribution >= 0.6 is 0 Å². The molecular weight excluding hydrogens is 194 g/mol. The lowest BCUT2D eigenvalue weighted by molar-refractivity contribution is -0.134. The monoisotopic (exact) mass is 217 g/mol. The van der Waals surface area contributed by atoms with Crippen LogP contribution in [-0.4, -0.2) is 26.2 Å². The first kappa shape index (κ1) is 14.4. The van der Waals surface area contributed by atoms with Crippen molar-refractivity contribution in [1.29, 1.82) is 0 Å². The molecule has 0 aliphatic carbocycles. The molecule has 0 spiro atoms. The van der Waals surface area contributed by atoms with Gasteiger partial charge in [0.2, 0.25) is 5.91 Å². The first-order valence-electron chi connectivity index (χ1n) is 5.70. The van der Waals surface area contributed by atoms with Crippen molar-refractivity contribution in [1.82, 2.24) is 5.48 Å². The molecule has 0 bridgehead atoms. The van der Waals surface area contributed by atoms with Crippen LogP contribution in [0.2, 0.25) is 0 Å². The molecule has 1 amide bonds. The Labute approximate surface area is 92.3 Å². The average Bonchev–Trinajstić information content (AvgIpc) is 2.24. The molecule has 0 heterocycles. The Morgan fingerprint density at radius 1 is 1.13 bits per heavy atom. The minimum Gasteiger partial charge on any atom is -0.382 e. The molecule has 0 radical (unpaired) electrons. The number of ether oxygens (including phenoxy) is 1. The van der Waals surface area contributed by atoms with Crippen LogP contribution in [0.4, 0.5) is 0 Å². The molecule has 0 saturated carbocycles. The standard InChI is InChI=1S/C11H23NO3/c1-3-4-5-6-7-8-11(13)12-15-10-9-14-2/h3-10H2,1-2H3,(H,12,13). The van der Waals surface area contributed by atoms with Crippen molar-refractivity contribution in [2.24, 2.45) is 0 Å². The van der Waals surface area contributed by atoms with Crippen molar-refractivity contribution in [3.63, 3.8) is 0 Å². The van der Waals surface area contributed by atoms with E-state index >= 15 is 0 Å². The predicted octanol–water partition coefficient (Wildman–Crippen LogP) is 2.04. The normalized spacial score (nSPS) is 10.3. The smallest absolute Gasteiger partial charge is 0.243 e. The maximum atomic E-state index is 11.2. The number of rotatable bonds is 10. The predicted molar refractivity (Wildman–Crippen MR) is 59.3 cm³/mol. The Morgan fingerprint density at radius 2 is 1.87 bits per heavy atom. The van der Waals surface area contributed by atoms with Crippen molar-refractivity contribution >= 4 is 5.91 Å². The Hall–Kier alpha value is -0.610. The highest BCUT2D eigenvalue weighted by atomic mass is 16.7. The zero-order chi connectivity index (χ0) is 11.4. The van der Waals surface area contributed by atoms with Crippen molar-refractivity contribution in [3.8, 4) is 0 Å². The van der Waals surface area contributed by atoms with Crippen LogP contribution < -0.4 is 5.48 Å².